The third-order valence-electron chi connectivity index (χ3n) is 2.47. The van der Waals surface area contributed by atoms with Gasteiger partial charge in [-0.15, -0.1) is 11.3 Å². The molecular formula is C14H12Br2S. The van der Waals surface area contributed by atoms with Gasteiger partial charge in [-0.1, -0.05) is 29.8 Å². The predicted molar refractivity (Wildman–Crippen MR) is 85.1 cm³/mol. The molecule has 1 heterocycles. The molecule has 1 aromatic carbocycles. The molecule has 88 valence electrons. The Labute approximate surface area is 123 Å². The van der Waals surface area contributed by atoms with Crippen LogP contribution in [-0.2, 0) is 0 Å². The van der Waals surface area contributed by atoms with Crippen molar-refractivity contribution < 1.29 is 0 Å². The fraction of sp³-hybridized carbons (Fsp3) is 0.143. The van der Waals surface area contributed by atoms with E-state index in [2.05, 4.69) is 82.1 Å². The van der Waals surface area contributed by atoms with Crippen LogP contribution in [0.1, 0.15) is 16.0 Å². The van der Waals surface area contributed by atoms with E-state index >= 15 is 0 Å². The van der Waals surface area contributed by atoms with E-state index in [0.29, 0.717) is 0 Å². The maximum Gasteiger partial charge on any atom is 0.0618 e. The maximum atomic E-state index is 3.40. The van der Waals surface area contributed by atoms with Crippen molar-refractivity contribution >= 4 is 49.3 Å². The van der Waals surface area contributed by atoms with Gasteiger partial charge in [-0.25, -0.2) is 0 Å². The highest BCUT2D eigenvalue weighted by molar-refractivity contribution is 9.28. The molecule has 0 aliphatic heterocycles. The molecule has 0 fully saturated rings. The average Bonchev–Trinajstić information content (AvgIpc) is 2.58. The van der Waals surface area contributed by atoms with E-state index in [9.17, 15) is 0 Å². The van der Waals surface area contributed by atoms with Crippen molar-refractivity contribution in [1.29, 1.82) is 0 Å². The first-order valence-corrected chi connectivity index (χ1v) is 7.66. The van der Waals surface area contributed by atoms with Crippen molar-refractivity contribution in [3.8, 4) is 10.4 Å². The molecule has 0 saturated carbocycles. The van der Waals surface area contributed by atoms with Crippen molar-refractivity contribution in [2.24, 2.45) is 0 Å². The molecule has 0 aliphatic carbocycles. The lowest BCUT2D eigenvalue weighted by molar-refractivity contribution is 1.46. The molecule has 2 aromatic rings. The topological polar surface area (TPSA) is 0 Å². The lowest BCUT2D eigenvalue weighted by Gasteiger charge is -2.00. The van der Waals surface area contributed by atoms with Gasteiger partial charge in [0.1, 0.15) is 0 Å². The van der Waals surface area contributed by atoms with E-state index in [-0.39, 0.29) is 0 Å². The molecule has 0 bridgehead atoms. The van der Waals surface area contributed by atoms with Gasteiger partial charge in [0, 0.05) is 9.75 Å². The summed E-state index contributed by atoms with van der Waals surface area (Å²) in [6.07, 6.45) is 2.08. The van der Waals surface area contributed by atoms with E-state index in [4.69, 9.17) is 0 Å². The Morgan fingerprint density at radius 1 is 1.18 bits per heavy atom. The number of benzene rings is 1. The zero-order chi connectivity index (χ0) is 12.4. The summed E-state index contributed by atoms with van der Waals surface area (Å²) in [5.74, 6) is 0. The van der Waals surface area contributed by atoms with Crippen LogP contribution in [0.2, 0.25) is 0 Å². The second-order valence-electron chi connectivity index (χ2n) is 3.96. The summed E-state index contributed by atoms with van der Waals surface area (Å²) >= 11 is 8.61. The molecule has 0 unspecified atom stereocenters. The molecule has 0 N–H and O–H groups in total. The van der Waals surface area contributed by atoms with E-state index < -0.39 is 0 Å². The van der Waals surface area contributed by atoms with Gasteiger partial charge >= 0.3 is 0 Å². The van der Waals surface area contributed by atoms with Gasteiger partial charge in [0.25, 0.3) is 0 Å². The smallest absolute Gasteiger partial charge is 0.0618 e. The molecule has 0 atom stereocenters. The van der Waals surface area contributed by atoms with Gasteiger partial charge in [-0.3, -0.25) is 0 Å². The standard InChI is InChI=1S/C14H12Br2S/c1-9-4-3-5-11(6-9)14-10(2)7-12(17-14)8-13(15)16/h3-8H,1-2H3. The molecule has 1 aromatic heterocycles. The van der Waals surface area contributed by atoms with Gasteiger partial charge in [0.2, 0.25) is 0 Å². The second-order valence-corrected chi connectivity index (χ2v) is 7.82. The molecule has 0 radical (unpaired) electrons. The molecular weight excluding hydrogens is 360 g/mol. The third kappa shape index (κ3) is 3.30. The zero-order valence-electron chi connectivity index (χ0n) is 9.63. The van der Waals surface area contributed by atoms with Gasteiger partial charge in [-0.2, -0.15) is 0 Å². The van der Waals surface area contributed by atoms with Crippen LogP contribution in [0.4, 0.5) is 0 Å². The first kappa shape index (κ1) is 13.1. The average molecular weight is 372 g/mol. The van der Waals surface area contributed by atoms with Crippen molar-refractivity contribution in [3.63, 3.8) is 0 Å². The summed E-state index contributed by atoms with van der Waals surface area (Å²) in [5, 5.41) is 0. The van der Waals surface area contributed by atoms with Crippen LogP contribution in [-0.4, -0.2) is 0 Å². The van der Waals surface area contributed by atoms with E-state index in [1.807, 2.05) is 11.3 Å². The van der Waals surface area contributed by atoms with Crippen molar-refractivity contribution in [1.82, 2.24) is 0 Å². The van der Waals surface area contributed by atoms with Gasteiger partial charge in [0.05, 0.1) is 3.39 Å². The van der Waals surface area contributed by atoms with Crippen LogP contribution in [0.3, 0.4) is 0 Å². The highest BCUT2D eigenvalue weighted by Gasteiger charge is 2.06. The third-order valence-corrected chi connectivity index (χ3v) is 4.16. The minimum absolute atomic E-state index is 0.974. The fourth-order valence-corrected chi connectivity index (χ4v) is 3.67. The first-order chi connectivity index (χ1) is 8.06. The molecule has 0 aliphatic rings. The molecule has 0 amide bonds. The summed E-state index contributed by atoms with van der Waals surface area (Å²) in [7, 11) is 0. The number of rotatable bonds is 2. The maximum absolute atomic E-state index is 3.40. The van der Waals surface area contributed by atoms with Gasteiger partial charge < -0.3 is 0 Å². The van der Waals surface area contributed by atoms with E-state index in [0.717, 1.165) is 3.39 Å². The largest absolute Gasteiger partial charge is 0.136 e. The van der Waals surface area contributed by atoms with E-state index in [1.165, 1.54) is 26.4 Å². The number of hydrogen-bond donors (Lipinski definition) is 0. The number of aryl methyl sites for hydroxylation is 2. The van der Waals surface area contributed by atoms with Crippen LogP contribution in [0.25, 0.3) is 16.5 Å². The van der Waals surface area contributed by atoms with Crippen molar-refractivity contribution in [2.75, 3.05) is 0 Å². The Bertz CT molecular complexity index is 563. The van der Waals surface area contributed by atoms with Crippen LogP contribution >= 0.6 is 43.2 Å². The molecule has 3 heteroatoms. The molecule has 17 heavy (non-hydrogen) atoms. The zero-order valence-corrected chi connectivity index (χ0v) is 13.6. The highest BCUT2D eigenvalue weighted by Crippen LogP contribution is 2.34. The second kappa shape index (κ2) is 5.51. The molecule has 0 spiro atoms. The van der Waals surface area contributed by atoms with Crippen LogP contribution < -0.4 is 0 Å². The van der Waals surface area contributed by atoms with Crippen molar-refractivity contribution in [2.45, 2.75) is 13.8 Å². The number of hydrogen-bond acceptors (Lipinski definition) is 1. The predicted octanol–water partition coefficient (Wildman–Crippen LogP) is 6.12. The number of halogens is 2. The van der Waals surface area contributed by atoms with Crippen LogP contribution in [0.15, 0.2) is 33.7 Å². The summed E-state index contributed by atoms with van der Waals surface area (Å²) in [6.45, 7) is 4.29. The molecule has 0 nitrogen and oxygen atoms in total. The van der Waals surface area contributed by atoms with Crippen molar-refractivity contribution in [3.05, 3.63) is 49.7 Å². The summed E-state index contributed by atoms with van der Waals surface area (Å²) in [6, 6.07) is 10.9. The summed E-state index contributed by atoms with van der Waals surface area (Å²) in [4.78, 5) is 2.60. The minimum atomic E-state index is 0.974. The van der Waals surface area contributed by atoms with Crippen LogP contribution in [0, 0.1) is 13.8 Å². The van der Waals surface area contributed by atoms with Gasteiger partial charge in [-0.05, 0) is 69.0 Å². The molecule has 2 rings (SSSR count). The van der Waals surface area contributed by atoms with E-state index in [1.54, 1.807) is 0 Å². The number of thiophene rings is 1. The molecule has 0 saturated heterocycles. The lowest BCUT2D eigenvalue weighted by atomic mass is 10.1. The first-order valence-electron chi connectivity index (χ1n) is 5.26. The Balaban J connectivity index is 2.46. The monoisotopic (exact) mass is 370 g/mol. The minimum Gasteiger partial charge on any atom is -0.136 e. The summed E-state index contributed by atoms with van der Waals surface area (Å²) in [5.41, 5.74) is 3.93. The van der Waals surface area contributed by atoms with Crippen LogP contribution in [0.5, 0.6) is 0 Å². The highest BCUT2D eigenvalue weighted by atomic mass is 79.9. The van der Waals surface area contributed by atoms with Gasteiger partial charge in [0.15, 0.2) is 0 Å². The normalized spacial score (nSPS) is 10.4. The lowest BCUT2D eigenvalue weighted by Crippen LogP contribution is -1.77. The summed E-state index contributed by atoms with van der Waals surface area (Å²) < 4.78 is 0.974. The Hall–Kier alpha value is -0.380. The fourth-order valence-electron chi connectivity index (χ4n) is 1.76. The Morgan fingerprint density at radius 2 is 1.94 bits per heavy atom. The Morgan fingerprint density at radius 3 is 2.59 bits per heavy atom. The Kier molecular flexibility index (Phi) is 4.23. The SMILES string of the molecule is Cc1cccc(-c2sc(C=C(Br)Br)cc2C)c1. The quantitative estimate of drug-likeness (QED) is 0.596.